The molecular formula is C15H16F3NO5S. The Morgan fingerprint density at radius 3 is 2.28 bits per heavy atom. The summed E-state index contributed by atoms with van der Waals surface area (Å²) in [5, 5.41) is 8.91. The molecule has 2 rings (SSSR count). The molecule has 0 saturated carbocycles. The fraction of sp³-hybridized carbons (Fsp3) is 0.467. The number of rotatable bonds is 5. The van der Waals surface area contributed by atoms with Crippen molar-refractivity contribution < 1.29 is 36.3 Å². The first-order valence-electron chi connectivity index (χ1n) is 7.37. The SMILES string of the molecule is O=C(O)[C@@H]1CCN(C(=O)Cc2ccc(S(=O)(=O)CC(F)(F)F)cc2)C1. The lowest BCUT2D eigenvalue weighted by atomic mass is 10.1. The van der Waals surface area contributed by atoms with Crippen molar-refractivity contribution in [3.63, 3.8) is 0 Å². The number of aliphatic carboxylic acids is 1. The van der Waals surface area contributed by atoms with Crippen molar-refractivity contribution in [2.24, 2.45) is 5.92 Å². The fourth-order valence-electron chi connectivity index (χ4n) is 2.59. The third kappa shape index (κ3) is 5.18. The first-order chi connectivity index (χ1) is 11.5. The minimum atomic E-state index is -4.83. The predicted molar refractivity (Wildman–Crippen MR) is 80.6 cm³/mol. The molecule has 0 radical (unpaired) electrons. The second-order valence-electron chi connectivity index (χ2n) is 5.86. The van der Waals surface area contributed by atoms with Crippen LogP contribution in [0, 0.1) is 5.92 Å². The van der Waals surface area contributed by atoms with E-state index in [1.54, 1.807) is 0 Å². The van der Waals surface area contributed by atoms with Gasteiger partial charge in [0.1, 0.15) is 0 Å². The molecule has 6 nitrogen and oxygen atoms in total. The number of hydrogen-bond acceptors (Lipinski definition) is 4. The van der Waals surface area contributed by atoms with Crippen LogP contribution in [0.5, 0.6) is 0 Å². The van der Waals surface area contributed by atoms with Gasteiger partial charge in [0.05, 0.1) is 17.2 Å². The van der Waals surface area contributed by atoms with Crippen LogP contribution in [0.2, 0.25) is 0 Å². The third-order valence-corrected chi connectivity index (χ3v) is 5.58. The Bertz CT molecular complexity index is 758. The molecule has 1 aliphatic rings. The minimum absolute atomic E-state index is 0.0774. The second-order valence-corrected chi connectivity index (χ2v) is 7.85. The fourth-order valence-corrected chi connectivity index (χ4v) is 3.74. The van der Waals surface area contributed by atoms with Crippen molar-refractivity contribution in [1.29, 1.82) is 0 Å². The quantitative estimate of drug-likeness (QED) is 0.837. The molecule has 1 N–H and O–H groups in total. The molecule has 138 valence electrons. The number of nitrogens with zero attached hydrogens (tertiary/aromatic N) is 1. The normalized spacial score (nSPS) is 18.4. The average molecular weight is 379 g/mol. The number of carboxylic acids is 1. The molecule has 1 aliphatic heterocycles. The Morgan fingerprint density at radius 1 is 1.20 bits per heavy atom. The topological polar surface area (TPSA) is 91.8 Å². The summed E-state index contributed by atoms with van der Waals surface area (Å²) < 4.78 is 60.1. The first-order valence-corrected chi connectivity index (χ1v) is 9.02. The number of carbonyl (C=O) groups is 2. The Morgan fingerprint density at radius 2 is 1.80 bits per heavy atom. The summed E-state index contributed by atoms with van der Waals surface area (Å²) >= 11 is 0. The Hall–Kier alpha value is -2.10. The van der Waals surface area contributed by atoms with Crippen LogP contribution >= 0.6 is 0 Å². The predicted octanol–water partition coefficient (Wildman–Crippen LogP) is 1.50. The van der Waals surface area contributed by atoms with Crippen LogP contribution in [0.3, 0.4) is 0 Å². The van der Waals surface area contributed by atoms with Crippen molar-refractivity contribution in [3.8, 4) is 0 Å². The lowest BCUT2D eigenvalue weighted by Crippen LogP contribution is -2.31. The van der Waals surface area contributed by atoms with E-state index in [1.807, 2.05) is 0 Å². The molecule has 1 aromatic rings. The van der Waals surface area contributed by atoms with Crippen molar-refractivity contribution in [2.75, 3.05) is 18.8 Å². The van der Waals surface area contributed by atoms with E-state index in [-0.39, 0.29) is 18.9 Å². The summed E-state index contributed by atoms with van der Waals surface area (Å²) in [6, 6.07) is 4.64. The Labute approximate surface area is 142 Å². The van der Waals surface area contributed by atoms with E-state index in [0.29, 0.717) is 18.5 Å². The van der Waals surface area contributed by atoms with E-state index in [4.69, 9.17) is 5.11 Å². The van der Waals surface area contributed by atoms with Crippen molar-refractivity contribution in [2.45, 2.75) is 23.9 Å². The van der Waals surface area contributed by atoms with Gasteiger partial charge in [-0.1, -0.05) is 12.1 Å². The lowest BCUT2D eigenvalue weighted by Gasteiger charge is -2.16. The number of alkyl halides is 3. The van der Waals surface area contributed by atoms with Gasteiger partial charge in [0.25, 0.3) is 0 Å². The number of carbonyl (C=O) groups excluding carboxylic acids is 1. The molecule has 0 aromatic heterocycles. The molecule has 1 aromatic carbocycles. The number of hydrogen-bond donors (Lipinski definition) is 1. The van der Waals surface area contributed by atoms with Gasteiger partial charge in [-0.15, -0.1) is 0 Å². The van der Waals surface area contributed by atoms with Gasteiger partial charge >= 0.3 is 12.1 Å². The highest BCUT2D eigenvalue weighted by Gasteiger charge is 2.36. The van der Waals surface area contributed by atoms with E-state index in [0.717, 1.165) is 12.1 Å². The van der Waals surface area contributed by atoms with Gasteiger partial charge in [0.15, 0.2) is 15.6 Å². The molecule has 1 amide bonds. The van der Waals surface area contributed by atoms with E-state index in [2.05, 4.69) is 0 Å². The van der Waals surface area contributed by atoms with Gasteiger partial charge in [0.2, 0.25) is 5.91 Å². The number of carboxylic acid groups (broad SMARTS) is 1. The maximum absolute atomic E-state index is 12.3. The molecule has 0 bridgehead atoms. The van der Waals surface area contributed by atoms with Crippen LogP contribution in [0.1, 0.15) is 12.0 Å². The minimum Gasteiger partial charge on any atom is -0.481 e. The molecule has 1 heterocycles. The highest BCUT2D eigenvalue weighted by atomic mass is 32.2. The van der Waals surface area contributed by atoms with Crippen LogP contribution in [-0.4, -0.2) is 55.3 Å². The number of likely N-dealkylation sites (tertiary alicyclic amines) is 1. The summed E-state index contributed by atoms with van der Waals surface area (Å²) in [6.45, 7) is 0.445. The molecule has 0 unspecified atom stereocenters. The lowest BCUT2D eigenvalue weighted by molar-refractivity contribution is -0.141. The zero-order valence-electron chi connectivity index (χ0n) is 13.0. The Kier molecular flexibility index (Phi) is 5.40. The molecular weight excluding hydrogens is 363 g/mol. The summed E-state index contributed by atoms with van der Waals surface area (Å²) in [5.74, 6) is -3.81. The molecule has 0 spiro atoms. The van der Waals surface area contributed by atoms with Crippen LogP contribution in [0.4, 0.5) is 13.2 Å². The maximum atomic E-state index is 12.3. The van der Waals surface area contributed by atoms with Crippen LogP contribution in [-0.2, 0) is 25.8 Å². The zero-order chi connectivity index (χ0) is 18.8. The molecule has 25 heavy (non-hydrogen) atoms. The standard InChI is InChI=1S/C15H16F3NO5S/c16-15(17,18)9-25(23,24)12-3-1-10(2-4-12)7-13(20)19-6-5-11(8-19)14(21)22/h1-4,11H,5-9H2,(H,21,22)/t11-/m1/s1. The van der Waals surface area contributed by atoms with E-state index >= 15 is 0 Å². The van der Waals surface area contributed by atoms with Crippen LogP contribution in [0.25, 0.3) is 0 Å². The highest BCUT2D eigenvalue weighted by Crippen LogP contribution is 2.23. The zero-order valence-corrected chi connectivity index (χ0v) is 13.8. The second kappa shape index (κ2) is 7.03. The summed E-state index contributed by atoms with van der Waals surface area (Å²) in [7, 11) is -4.48. The molecule has 1 atom stereocenters. The van der Waals surface area contributed by atoms with Crippen molar-refractivity contribution in [1.82, 2.24) is 4.90 Å². The van der Waals surface area contributed by atoms with Gasteiger partial charge < -0.3 is 10.0 Å². The smallest absolute Gasteiger partial charge is 0.403 e. The largest absolute Gasteiger partial charge is 0.481 e. The number of halogens is 3. The molecule has 1 saturated heterocycles. The van der Waals surface area contributed by atoms with Crippen molar-refractivity contribution in [3.05, 3.63) is 29.8 Å². The van der Waals surface area contributed by atoms with Gasteiger partial charge in [-0.2, -0.15) is 13.2 Å². The number of sulfone groups is 1. The average Bonchev–Trinajstić information content (AvgIpc) is 2.95. The summed E-state index contributed by atoms with van der Waals surface area (Å²) in [5.41, 5.74) is 0.440. The first kappa shape index (κ1) is 19.2. The summed E-state index contributed by atoms with van der Waals surface area (Å²) in [4.78, 5) is 23.9. The van der Waals surface area contributed by atoms with Gasteiger partial charge in [0, 0.05) is 13.1 Å². The van der Waals surface area contributed by atoms with Gasteiger partial charge in [-0.05, 0) is 24.1 Å². The number of benzene rings is 1. The number of amides is 1. The monoisotopic (exact) mass is 379 g/mol. The highest BCUT2D eigenvalue weighted by molar-refractivity contribution is 7.91. The molecule has 1 fully saturated rings. The summed E-state index contributed by atoms with van der Waals surface area (Å²) in [6.07, 6.45) is -4.54. The Balaban J connectivity index is 2.01. The van der Waals surface area contributed by atoms with E-state index in [1.165, 1.54) is 17.0 Å². The van der Waals surface area contributed by atoms with Crippen LogP contribution < -0.4 is 0 Å². The third-order valence-electron chi connectivity index (χ3n) is 3.88. The van der Waals surface area contributed by atoms with Gasteiger partial charge in [-0.25, -0.2) is 8.42 Å². The molecule has 0 aliphatic carbocycles. The van der Waals surface area contributed by atoms with Crippen molar-refractivity contribution >= 4 is 21.7 Å². The maximum Gasteiger partial charge on any atom is 0.403 e. The van der Waals surface area contributed by atoms with Crippen LogP contribution in [0.15, 0.2) is 29.2 Å². The molecule has 10 heteroatoms. The van der Waals surface area contributed by atoms with Gasteiger partial charge in [-0.3, -0.25) is 9.59 Å². The van der Waals surface area contributed by atoms with E-state index < -0.39 is 38.5 Å². The van der Waals surface area contributed by atoms with E-state index in [9.17, 15) is 31.2 Å².